The highest BCUT2D eigenvalue weighted by atomic mass is 79.9. The second kappa shape index (κ2) is 8.23. The molecule has 134 valence electrons. The minimum atomic E-state index is -0.0322. The predicted octanol–water partition coefficient (Wildman–Crippen LogP) is 5.11. The number of halogens is 1. The first-order chi connectivity index (χ1) is 12.1. The van der Waals surface area contributed by atoms with Gasteiger partial charge in [0.15, 0.2) is 11.5 Å². The van der Waals surface area contributed by atoms with Gasteiger partial charge >= 0.3 is 0 Å². The van der Waals surface area contributed by atoms with E-state index >= 15 is 0 Å². The summed E-state index contributed by atoms with van der Waals surface area (Å²) in [5, 5.41) is 0. The van der Waals surface area contributed by atoms with E-state index in [0.29, 0.717) is 17.9 Å². The van der Waals surface area contributed by atoms with Crippen LogP contribution in [-0.2, 0) is 6.54 Å². The Morgan fingerprint density at radius 3 is 2.64 bits per heavy atom. The number of hydrogen-bond donors (Lipinski definition) is 0. The van der Waals surface area contributed by atoms with Gasteiger partial charge in [-0.1, -0.05) is 0 Å². The molecule has 1 aromatic carbocycles. The summed E-state index contributed by atoms with van der Waals surface area (Å²) in [5.41, 5.74) is 0.605. The van der Waals surface area contributed by atoms with Crippen LogP contribution in [0.15, 0.2) is 34.1 Å². The standard InChI is InChI=1S/C19H22BrNO3S/c1-21(12-15-8-10-18(20)25-15)19(22)13-7-9-16(17(11-13)23-2)24-14-5-3-4-6-14/h7-11,14H,3-6,12H2,1-2H3. The monoisotopic (exact) mass is 423 g/mol. The molecule has 0 aliphatic heterocycles. The van der Waals surface area contributed by atoms with Crippen molar-refractivity contribution in [3.05, 3.63) is 44.6 Å². The maximum atomic E-state index is 12.7. The number of hydrogen-bond acceptors (Lipinski definition) is 4. The molecule has 0 atom stereocenters. The first kappa shape index (κ1) is 18.3. The van der Waals surface area contributed by atoms with Crippen molar-refractivity contribution in [2.24, 2.45) is 0 Å². The lowest BCUT2D eigenvalue weighted by atomic mass is 10.1. The molecule has 1 fully saturated rings. The lowest BCUT2D eigenvalue weighted by Crippen LogP contribution is -2.25. The summed E-state index contributed by atoms with van der Waals surface area (Å²) in [6, 6.07) is 9.46. The predicted molar refractivity (Wildman–Crippen MR) is 104 cm³/mol. The molecular weight excluding hydrogens is 402 g/mol. The summed E-state index contributed by atoms with van der Waals surface area (Å²) in [7, 11) is 3.42. The van der Waals surface area contributed by atoms with Gasteiger partial charge in [-0.15, -0.1) is 11.3 Å². The van der Waals surface area contributed by atoms with Crippen LogP contribution < -0.4 is 9.47 Å². The molecule has 1 amide bonds. The van der Waals surface area contributed by atoms with Gasteiger partial charge < -0.3 is 14.4 Å². The van der Waals surface area contributed by atoms with Gasteiger partial charge in [0.2, 0.25) is 0 Å². The number of amides is 1. The molecule has 0 radical (unpaired) electrons. The van der Waals surface area contributed by atoms with Crippen molar-refractivity contribution in [2.75, 3.05) is 14.2 Å². The summed E-state index contributed by atoms with van der Waals surface area (Å²) in [5.74, 6) is 1.30. The number of carbonyl (C=O) groups is 1. The van der Waals surface area contributed by atoms with E-state index in [4.69, 9.17) is 9.47 Å². The Labute approximate surface area is 160 Å². The van der Waals surface area contributed by atoms with Crippen molar-refractivity contribution in [1.82, 2.24) is 4.90 Å². The van der Waals surface area contributed by atoms with Gasteiger partial charge in [-0.3, -0.25) is 4.79 Å². The largest absolute Gasteiger partial charge is 0.493 e. The fraction of sp³-hybridized carbons (Fsp3) is 0.421. The van der Waals surface area contributed by atoms with Crippen LogP contribution in [0.3, 0.4) is 0 Å². The van der Waals surface area contributed by atoms with E-state index in [9.17, 15) is 4.79 Å². The van der Waals surface area contributed by atoms with Crippen LogP contribution in [-0.4, -0.2) is 31.1 Å². The third kappa shape index (κ3) is 4.55. The van der Waals surface area contributed by atoms with Crippen LogP contribution in [0.4, 0.5) is 0 Å². The van der Waals surface area contributed by atoms with Crippen LogP contribution in [0, 0.1) is 0 Å². The number of nitrogens with zero attached hydrogens (tertiary/aromatic N) is 1. The average Bonchev–Trinajstić information content (AvgIpc) is 3.26. The summed E-state index contributed by atoms with van der Waals surface area (Å²) in [6.07, 6.45) is 4.86. The molecule has 0 unspecified atom stereocenters. The van der Waals surface area contributed by atoms with E-state index in [1.807, 2.05) is 31.3 Å². The zero-order valence-electron chi connectivity index (χ0n) is 14.5. The van der Waals surface area contributed by atoms with Gasteiger partial charge in [0.25, 0.3) is 5.91 Å². The van der Waals surface area contributed by atoms with Crippen molar-refractivity contribution in [2.45, 2.75) is 38.3 Å². The van der Waals surface area contributed by atoms with Gasteiger partial charge in [-0.2, -0.15) is 0 Å². The molecule has 6 heteroatoms. The lowest BCUT2D eigenvalue weighted by Gasteiger charge is -2.19. The van der Waals surface area contributed by atoms with E-state index in [1.54, 1.807) is 29.4 Å². The SMILES string of the molecule is COc1cc(C(=O)N(C)Cc2ccc(Br)s2)ccc1OC1CCCC1. The third-order valence-corrected chi connectivity index (χ3v) is 5.98. The molecule has 1 saturated carbocycles. The Morgan fingerprint density at radius 1 is 1.24 bits per heavy atom. The molecule has 3 rings (SSSR count). The Bertz CT molecular complexity index is 740. The molecular formula is C19H22BrNO3S. The molecule has 25 heavy (non-hydrogen) atoms. The highest BCUT2D eigenvalue weighted by Gasteiger charge is 2.20. The Kier molecular flexibility index (Phi) is 6.02. The van der Waals surface area contributed by atoms with E-state index in [2.05, 4.69) is 15.9 Å². The highest BCUT2D eigenvalue weighted by molar-refractivity contribution is 9.11. The maximum Gasteiger partial charge on any atom is 0.254 e. The van der Waals surface area contributed by atoms with Crippen molar-refractivity contribution < 1.29 is 14.3 Å². The van der Waals surface area contributed by atoms with Crippen molar-refractivity contribution in [3.8, 4) is 11.5 Å². The summed E-state index contributed by atoms with van der Waals surface area (Å²) >= 11 is 5.09. The Balaban J connectivity index is 1.71. The lowest BCUT2D eigenvalue weighted by molar-refractivity contribution is 0.0786. The van der Waals surface area contributed by atoms with Crippen LogP contribution in [0.25, 0.3) is 0 Å². The normalized spacial score (nSPS) is 14.5. The highest BCUT2D eigenvalue weighted by Crippen LogP contribution is 2.33. The fourth-order valence-corrected chi connectivity index (χ4v) is 4.58. The summed E-state index contributed by atoms with van der Waals surface area (Å²) in [4.78, 5) is 15.6. The van der Waals surface area contributed by atoms with E-state index in [0.717, 1.165) is 27.3 Å². The van der Waals surface area contributed by atoms with Crippen LogP contribution in [0.2, 0.25) is 0 Å². The van der Waals surface area contributed by atoms with Gasteiger partial charge in [-0.05, 0) is 71.9 Å². The van der Waals surface area contributed by atoms with Crippen LogP contribution in [0.5, 0.6) is 11.5 Å². The van der Waals surface area contributed by atoms with Gasteiger partial charge in [0, 0.05) is 17.5 Å². The smallest absolute Gasteiger partial charge is 0.254 e. The Morgan fingerprint density at radius 2 is 2.00 bits per heavy atom. The molecule has 0 saturated heterocycles. The number of ether oxygens (including phenoxy) is 2. The number of thiophene rings is 1. The number of rotatable bonds is 6. The zero-order valence-corrected chi connectivity index (χ0v) is 16.9. The third-order valence-electron chi connectivity index (χ3n) is 4.37. The molecule has 1 heterocycles. The average molecular weight is 424 g/mol. The second-order valence-electron chi connectivity index (χ2n) is 6.26. The molecule has 1 aromatic heterocycles. The number of methoxy groups -OCH3 is 1. The van der Waals surface area contributed by atoms with E-state index in [1.165, 1.54) is 12.8 Å². The number of carbonyl (C=O) groups excluding carboxylic acids is 1. The van der Waals surface area contributed by atoms with Gasteiger partial charge in [0.05, 0.1) is 23.5 Å². The van der Waals surface area contributed by atoms with Crippen molar-refractivity contribution in [1.29, 1.82) is 0 Å². The maximum absolute atomic E-state index is 12.7. The van der Waals surface area contributed by atoms with Gasteiger partial charge in [0.1, 0.15) is 0 Å². The van der Waals surface area contributed by atoms with Crippen molar-refractivity contribution in [3.63, 3.8) is 0 Å². The molecule has 4 nitrogen and oxygen atoms in total. The minimum Gasteiger partial charge on any atom is -0.493 e. The molecule has 2 aromatic rings. The van der Waals surface area contributed by atoms with Crippen molar-refractivity contribution >= 4 is 33.2 Å². The summed E-state index contributed by atoms with van der Waals surface area (Å²) < 4.78 is 12.6. The zero-order chi connectivity index (χ0) is 17.8. The summed E-state index contributed by atoms with van der Waals surface area (Å²) in [6.45, 7) is 0.581. The second-order valence-corrected chi connectivity index (χ2v) is 8.80. The fourth-order valence-electron chi connectivity index (χ4n) is 3.05. The van der Waals surface area contributed by atoms with E-state index in [-0.39, 0.29) is 12.0 Å². The first-order valence-corrected chi connectivity index (χ1v) is 10.0. The van der Waals surface area contributed by atoms with Gasteiger partial charge in [-0.25, -0.2) is 0 Å². The molecule has 0 bridgehead atoms. The molecule has 0 spiro atoms. The quantitative estimate of drug-likeness (QED) is 0.647. The van der Waals surface area contributed by atoms with Crippen LogP contribution >= 0.6 is 27.3 Å². The van der Waals surface area contributed by atoms with Crippen LogP contribution in [0.1, 0.15) is 40.9 Å². The molecule has 1 aliphatic rings. The van der Waals surface area contributed by atoms with E-state index < -0.39 is 0 Å². The number of benzene rings is 1. The molecule has 1 aliphatic carbocycles. The topological polar surface area (TPSA) is 38.8 Å². The minimum absolute atomic E-state index is 0.0322. The molecule has 0 N–H and O–H groups in total. The Hall–Kier alpha value is -1.53. The first-order valence-electron chi connectivity index (χ1n) is 8.41.